The topological polar surface area (TPSA) is 91.2 Å². The minimum absolute atomic E-state index is 0.0340. The van der Waals surface area contributed by atoms with Crippen LogP contribution >= 0.6 is 11.8 Å². The van der Waals surface area contributed by atoms with Gasteiger partial charge in [0.05, 0.1) is 12.3 Å². The van der Waals surface area contributed by atoms with Gasteiger partial charge in [-0.3, -0.25) is 4.79 Å². The standard InChI is InChI=1S/C11H21N5O3S/c1-8(2)5-12-9(17)7-20-11-13-14-15-16(11)6-10(18-3)19-4/h8,10H,5-7H2,1-4H3,(H,12,17). The van der Waals surface area contributed by atoms with E-state index in [2.05, 4.69) is 20.8 Å². The van der Waals surface area contributed by atoms with Gasteiger partial charge in [0.1, 0.15) is 0 Å². The summed E-state index contributed by atoms with van der Waals surface area (Å²) >= 11 is 1.28. The number of carbonyl (C=O) groups excluding carboxylic acids is 1. The lowest BCUT2D eigenvalue weighted by atomic mass is 10.2. The first-order valence-corrected chi connectivity index (χ1v) is 7.26. The van der Waals surface area contributed by atoms with E-state index in [0.717, 1.165) is 0 Å². The van der Waals surface area contributed by atoms with Gasteiger partial charge in [-0.2, -0.15) is 0 Å². The lowest BCUT2D eigenvalue weighted by molar-refractivity contribution is -0.118. The van der Waals surface area contributed by atoms with E-state index in [1.165, 1.54) is 11.8 Å². The van der Waals surface area contributed by atoms with Crippen molar-refractivity contribution in [2.45, 2.75) is 31.8 Å². The molecule has 0 unspecified atom stereocenters. The molecule has 0 radical (unpaired) electrons. The van der Waals surface area contributed by atoms with Gasteiger partial charge in [-0.05, 0) is 16.3 Å². The smallest absolute Gasteiger partial charge is 0.230 e. The Morgan fingerprint density at radius 2 is 2.10 bits per heavy atom. The monoisotopic (exact) mass is 303 g/mol. The average Bonchev–Trinajstić information content (AvgIpc) is 2.87. The number of ether oxygens (including phenoxy) is 2. The van der Waals surface area contributed by atoms with E-state index in [0.29, 0.717) is 24.2 Å². The van der Waals surface area contributed by atoms with E-state index < -0.39 is 6.29 Å². The van der Waals surface area contributed by atoms with E-state index in [9.17, 15) is 4.79 Å². The summed E-state index contributed by atoms with van der Waals surface area (Å²) in [5, 5.41) is 14.7. The normalized spacial score (nSPS) is 11.3. The van der Waals surface area contributed by atoms with Gasteiger partial charge in [0.2, 0.25) is 11.1 Å². The number of methoxy groups -OCH3 is 2. The molecule has 1 aromatic heterocycles. The number of nitrogens with zero attached hydrogens (tertiary/aromatic N) is 4. The molecule has 0 fully saturated rings. The summed E-state index contributed by atoms with van der Waals surface area (Å²) in [6.45, 7) is 5.13. The van der Waals surface area contributed by atoms with Gasteiger partial charge in [-0.25, -0.2) is 4.68 Å². The van der Waals surface area contributed by atoms with Crippen LogP contribution in [0, 0.1) is 5.92 Å². The zero-order valence-electron chi connectivity index (χ0n) is 12.2. The number of tetrazole rings is 1. The molecule has 0 saturated heterocycles. The van der Waals surface area contributed by atoms with E-state index in [4.69, 9.17) is 9.47 Å². The van der Waals surface area contributed by atoms with Crippen molar-refractivity contribution in [2.75, 3.05) is 26.5 Å². The molecule has 1 heterocycles. The lowest BCUT2D eigenvalue weighted by Gasteiger charge is -2.13. The SMILES string of the molecule is COC(Cn1nnnc1SCC(=O)NCC(C)C)OC. The van der Waals surface area contributed by atoms with Gasteiger partial charge in [-0.1, -0.05) is 25.6 Å². The van der Waals surface area contributed by atoms with Gasteiger partial charge in [0, 0.05) is 20.8 Å². The van der Waals surface area contributed by atoms with Crippen molar-refractivity contribution in [3.05, 3.63) is 0 Å². The molecule has 0 aromatic carbocycles. The predicted octanol–water partition coefficient (Wildman–Crippen LogP) is 0.156. The van der Waals surface area contributed by atoms with Crippen LogP contribution in [0.3, 0.4) is 0 Å². The third-order valence-corrected chi connectivity index (χ3v) is 3.34. The van der Waals surface area contributed by atoms with Gasteiger partial charge in [0.15, 0.2) is 6.29 Å². The van der Waals surface area contributed by atoms with Crippen molar-refractivity contribution in [3.63, 3.8) is 0 Å². The van der Waals surface area contributed by atoms with Gasteiger partial charge < -0.3 is 14.8 Å². The number of carbonyl (C=O) groups is 1. The maximum Gasteiger partial charge on any atom is 0.230 e. The second kappa shape index (κ2) is 8.88. The second-order valence-corrected chi connectivity index (χ2v) is 5.47. The van der Waals surface area contributed by atoms with Gasteiger partial charge >= 0.3 is 0 Å². The van der Waals surface area contributed by atoms with Crippen molar-refractivity contribution in [2.24, 2.45) is 5.92 Å². The summed E-state index contributed by atoms with van der Waals surface area (Å²) in [7, 11) is 3.09. The minimum Gasteiger partial charge on any atom is -0.355 e. The van der Waals surface area contributed by atoms with Crippen LogP contribution in [0.1, 0.15) is 13.8 Å². The highest BCUT2D eigenvalue weighted by Crippen LogP contribution is 2.14. The van der Waals surface area contributed by atoms with E-state index >= 15 is 0 Å². The zero-order chi connectivity index (χ0) is 15.0. The van der Waals surface area contributed by atoms with E-state index in [1.807, 2.05) is 13.8 Å². The summed E-state index contributed by atoms with van der Waals surface area (Å²) in [6, 6.07) is 0. The zero-order valence-corrected chi connectivity index (χ0v) is 13.0. The largest absolute Gasteiger partial charge is 0.355 e. The number of thioether (sulfide) groups is 1. The third-order valence-electron chi connectivity index (χ3n) is 2.39. The van der Waals surface area contributed by atoms with Crippen LogP contribution in [-0.4, -0.2) is 58.9 Å². The Balaban J connectivity index is 2.44. The number of amides is 1. The van der Waals surface area contributed by atoms with Crippen molar-refractivity contribution < 1.29 is 14.3 Å². The predicted molar refractivity (Wildman–Crippen MR) is 74.2 cm³/mol. The lowest BCUT2D eigenvalue weighted by Crippen LogP contribution is -2.29. The van der Waals surface area contributed by atoms with Gasteiger partial charge in [-0.15, -0.1) is 5.10 Å². The van der Waals surface area contributed by atoms with Crippen LogP contribution < -0.4 is 5.32 Å². The highest BCUT2D eigenvalue weighted by molar-refractivity contribution is 7.99. The van der Waals surface area contributed by atoms with Crippen LogP contribution in [0.4, 0.5) is 0 Å². The van der Waals surface area contributed by atoms with Gasteiger partial charge in [0.25, 0.3) is 0 Å². The van der Waals surface area contributed by atoms with Crippen LogP contribution in [0.5, 0.6) is 0 Å². The fourth-order valence-corrected chi connectivity index (χ4v) is 2.02. The highest BCUT2D eigenvalue weighted by Gasteiger charge is 2.14. The molecule has 114 valence electrons. The Hall–Kier alpha value is -1.19. The second-order valence-electron chi connectivity index (χ2n) is 4.53. The molecule has 0 saturated carbocycles. The maximum atomic E-state index is 11.6. The molecular weight excluding hydrogens is 282 g/mol. The number of nitrogens with one attached hydrogen (secondary N) is 1. The molecule has 9 heteroatoms. The minimum atomic E-state index is -0.424. The van der Waals surface area contributed by atoms with E-state index in [-0.39, 0.29) is 11.7 Å². The van der Waals surface area contributed by atoms with Crippen molar-refractivity contribution in [1.29, 1.82) is 0 Å². The molecular formula is C11H21N5O3S. The molecule has 8 nitrogen and oxygen atoms in total. The molecule has 0 bridgehead atoms. The Kier molecular flexibility index (Phi) is 7.48. The van der Waals surface area contributed by atoms with Crippen LogP contribution in [0.15, 0.2) is 5.16 Å². The first-order chi connectivity index (χ1) is 9.56. The average molecular weight is 303 g/mol. The molecule has 1 aromatic rings. The fourth-order valence-electron chi connectivity index (χ4n) is 1.30. The quantitative estimate of drug-likeness (QED) is 0.513. The molecule has 0 aliphatic rings. The summed E-state index contributed by atoms with van der Waals surface area (Å²) < 4.78 is 11.7. The van der Waals surface area contributed by atoms with Crippen LogP contribution in [0.2, 0.25) is 0 Å². The van der Waals surface area contributed by atoms with Crippen molar-refractivity contribution >= 4 is 17.7 Å². The summed E-state index contributed by atoms with van der Waals surface area (Å²) in [4.78, 5) is 11.6. The third kappa shape index (κ3) is 5.85. The number of aromatic nitrogens is 4. The van der Waals surface area contributed by atoms with E-state index in [1.54, 1.807) is 18.9 Å². The molecule has 1 N–H and O–H groups in total. The molecule has 0 aliphatic heterocycles. The molecule has 0 atom stereocenters. The van der Waals surface area contributed by atoms with Crippen molar-refractivity contribution in [1.82, 2.24) is 25.5 Å². The van der Waals surface area contributed by atoms with Crippen LogP contribution in [0.25, 0.3) is 0 Å². The maximum absolute atomic E-state index is 11.6. The molecule has 1 amide bonds. The Morgan fingerprint density at radius 3 is 2.70 bits per heavy atom. The first kappa shape index (κ1) is 16.9. The summed E-state index contributed by atoms with van der Waals surface area (Å²) in [6.07, 6.45) is -0.424. The molecule has 1 rings (SSSR count). The number of hydrogen-bond acceptors (Lipinski definition) is 7. The molecule has 0 aliphatic carbocycles. The Morgan fingerprint density at radius 1 is 1.40 bits per heavy atom. The Labute approximate surface area is 122 Å². The van der Waals surface area contributed by atoms with Crippen LogP contribution in [-0.2, 0) is 20.8 Å². The first-order valence-electron chi connectivity index (χ1n) is 6.28. The molecule has 20 heavy (non-hydrogen) atoms. The fraction of sp³-hybridized carbons (Fsp3) is 0.818. The highest BCUT2D eigenvalue weighted by atomic mass is 32.2. The number of hydrogen-bond donors (Lipinski definition) is 1. The number of rotatable bonds is 9. The summed E-state index contributed by atoms with van der Waals surface area (Å²) in [5.41, 5.74) is 0. The Bertz CT molecular complexity index is 409. The molecule has 0 spiro atoms. The summed E-state index contributed by atoms with van der Waals surface area (Å²) in [5.74, 6) is 0.671. The van der Waals surface area contributed by atoms with Crippen molar-refractivity contribution in [3.8, 4) is 0 Å².